The van der Waals surface area contributed by atoms with E-state index in [2.05, 4.69) is 21.2 Å². The number of thioether (sulfide) groups is 1. The largest absolute Gasteiger partial charge is 0.478 e. The monoisotopic (exact) mass is 343 g/mol. The molecule has 0 unspecified atom stereocenters. The van der Waals surface area contributed by atoms with E-state index in [1.54, 1.807) is 18.2 Å². The van der Waals surface area contributed by atoms with Gasteiger partial charge >= 0.3 is 5.97 Å². The number of nitrogens with one attached hydrogen (secondary N) is 1. The van der Waals surface area contributed by atoms with Crippen molar-refractivity contribution in [2.24, 2.45) is 0 Å². The molecule has 0 atom stereocenters. The fourth-order valence-electron chi connectivity index (χ4n) is 1.55. The minimum Gasteiger partial charge on any atom is -0.478 e. The lowest BCUT2D eigenvalue weighted by molar-refractivity contribution is -0.118. The van der Waals surface area contributed by atoms with Crippen molar-refractivity contribution in [2.45, 2.75) is 24.6 Å². The molecule has 2 N–H and O–H groups in total. The molecule has 1 amide bonds. The summed E-state index contributed by atoms with van der Waals surface area (Å²) in [6, 6.07) is 5.34. The van der Waals surface area contributed by atoms with Crippen molar-refractivity contribution in [1.29, 1.82) is 0 Å². The first kappa shape index (κ1) is 14.4. The van der Waals surface area contributed by atoms with Gasteiger partial charge in [0.25, 0.3) is 0 Å². The molecular formula is C13H14BrNO3S. The Morgan fingerprint density at radius 3 is 2.74 bits per heavy atom. The normalized spacial score (nSPS) is 14.2. The molecule has 102 valence electrons. The summed E-state index contributed by atoms with van der Waals surface area (Å²) >= 11 is 4.88. The van der Waals surface area contributed by atoms with Crippen molar-refractivity contribution < 1.29 is 14.7 Å². The van der Waals surface area contributed by atoms with Gasteiger partial charge in [-0.1, -0.05) is 22.0 Å². The van der Waals surface area contributed by atoms with Crippen molar-refractivity contribution in [1.82, 2.24) is 5.32 Å². The van der Waals surface area contributed by atoms with E-state index in [1.165, 1.54) is 11.8 Å². The third-order valence-electron chi connectivity index (χ3n) is 2.73. The summed E-state index contributed by atoms with van der Waals surface area (Å²) in [7, 11) is 0. The maximum Gasteiger partial charge on any atom is 0.335 e. The first-order valence-corrected chi connectivity index (χ1v) is 7.90. The van der Waals surface area contributed by atoms with E-state index in [0.717, 1.165) is 22.9 Å². The van der Waals surface area contributed by atoms with Gasteiger partial charge in [0.05, 0.1) is 11.3 Å². The van der Waals surface area contributed by atoms with Gasteiger partial charge in [-0.3, -0.25) is 4.79 Å². The number of amides is 1. The van der Waals surface area contributed by atoms with Gasteiger partial charge in [-0.2, -0.15) is 0 Å². The number of benzene rings is 1. The molecule has 19 heavy (non-hydrogen) atoms. The standard InChI is InChI=1S/C13H14BrNO3S/c14-11-5-8(13(17)18)1-2-9(11)6-19-7-12(16)15-10-3-4-10/h1-2,5,10H,3-4,6-7H2,(H,15,16)(H,17,18). The molecular weight excluding hydrogens is 330 g/mol. The van der Waals surface area contributed by atoms with Crippen LogP contribution in [-0.4, -0.2) is 28.8 Å². The summed E-state index contributed by atoms with van der Waals surface area (Å²) in [6.45, 7) is 0. The SMILES string of the molecule is O=C(CSCc1ccc(C(=O)O)cc1Br)NC1CC1. The van der Waals surface area contributed by atoms with Crippen LogP contribution in [0.4, 0.5) is 0 Å². The third kappa shape index (κ3) is 4.54. The van der Waals surface area contributed by atoms with E-state index in [0.29, 0.717) is 17.5 Å². The molecule has 1 aromatic carbocycles. The van der Waals surface area contributed by atoms with Crippen molar-refractivity contribution in [3.63, 3.8) is 0 Å². The Kier molecular flexibility index (Phi) is 4.87. The van der Waals surface area contributed by atoms with Crippen LogP contribution in [0.3, 0.4) is 0 Å². The van der Waals surface area contributed by atoms with E-state index in [9.17, 15) is 9.59 Å². The van der Waals surface area contributed by atoms with Crippen LogP contribution in [0.1, 0.15) is 28.8 Å². The summed E-state index contributed by atoms with van der Waals surface area (Å²) in [5, 5.41) is 11.8. The van der Waals surface area contributed by atoms with Gasteiger partial charge in [-0.15, -0.1) is 11.8 Å². The number of aromatic carboxylic acids is 1. The molecule has 4 nitrogen and oxygen atoms in total. The van der Waals surface area contributed by atoms with E-state index >= 15 is 0 Å². The highest BCUT2D eigenvalue weighted by atomic mass is 79.9. The van der Waals surface area contributed by atoms with Gasteiger partial charge in [-0.05, 0) is 30.5 Å². The van der Waals surface area contributed by atoms with E-state index < -0.39 is 5.97 Å². The van der Waals surface area contributed by atoms with Crippen molar-refractivity contribution >= 4 is 39.6 Å². The molecule has 1 aromatic rings. The molecule has 0 heterocycles. The fourth-order valence-corrected chi connectivity index (χ4v) is 3.10. The van der Waals surface area contributed by atoms with Crippen LogP contribution in [-0.2, 0) is 10.5 Å². The Morgan fingerprint density at radius 1 is 1.42 bits per heavy atom. The highest BCUT2D eigenvalue weighted by molar-refractivity contribution is 9.10. The minimum atomic E-state index is -0.941. The predicted molar refractivity (Wildman–Crippen MR) is 78.4 cm³/mol. The molecule has 2 rings (SSSR count). The number of hydrogen-bond donors (Lipinski definition) is 2. The maximum absolute atomic E-state index is 11.5. The molecule has 0 radical (unpaired) electrons. The lowest BCUT2D eigenvalue weighted by Crippen LogP contribution is -2.27. The maximum atomic E-state index is 11.5. The Morgan fingerprint density at radius 2 is 2.16 bits per heavy atom. The molecule has 0 aliphatic heterocycles. The van der Waals surface area contributed by atoms with Gasteiger partial charge < -0.3 is 10.4 Å². The van der Waals surface area contributed by atoms with Crippen LogP contribution in [0.25, 0.3) is 0 Å². The van der Waals surface area contributed by atoms with E-state index in [-0.39, 0.29) is 11.5 Å². The third-order valence-corrected chi connectivity index (χ3v) is 4.45. The molecule has 0 aromatic heterocycles. The number of carboxylic acids is 1. The zero-order valence-electron chi connectivity index (χ0n) is 10.2. The second kappa shape index (κ2) is 6.43. The van der Waals surface area contributed by atoms with Crippen molar-refractivity contribution in [2.75, 3.05) is 5.75 Å². The number of carbonyl (C=O) groups excluding carboxylic acids is 1. The average Bonchev–Trinajstić information content (AvgIpc) is 3.14. The van der Waals surface area contributed by atoms with Crippen LogP contribution in [0.5, 0.6) is 0 Å². The number of rotatable bonds is 6. The molecule has 0 spiro atoms. The van der Waals surface area contributed by atoms with E-state index in [1.807, 2.05) is 0 Å². The second-order valence-corrected chi connectivity index (χ2v) is 6.29. The Labute approximate surface area is 124 Å². The van der Waals surface area contributed by atoms with Crippen LogP contribution < -0.4 is 5.32 Å². The number of halogens is 1. The fraction of sp³-hybridized carbons (Fsp3) is 0.385. The molecule has 0 bridgehead atoms. The minimum absolute atomic E-state index is 0.0748. The first-order valence-electron chi connectivity index (χ1n) is 5.95. The lowest BCUT2D eigenvalue weighted by atomic mass is 10.1. The first-order chi connectivity index (χ1) is 9.06. The second-order valence-electron chi connectivity index (χ2n) is 4.45. The van der Waals surface area contributed by atoms with Crippen LogP contribution in [0, 0.1) is 0 Å². The summed E-state index contributed by atoms with van der Waals surface area (Å²) in [4.78, 5) is 22.3. The zero-order valence-corrected chi connectivity index (χ0v) is 12.6. The average molecular weight is 344 g/mol. The molecule has 0 saturated heterocycles. The predicted octanol–water partition coefficient (Wildman–Crippen LogP) is 2.66. The van der Waals surface area contributed by atoms with Crippen molar-refractivity contribution in [3.05, 3.63) is 33.8 Å². The zero-order chi connectivity index (χ0) is 13.8. The molecule has 1 saturated carbocycles. The Bertz CT molecular complexity index is 503. The number of carbonyl (C=O) groups is 2. The van der Waals surface area contributed by atoms with E-state index in [4.69, 9.17) is 5.11 Å². The highest BCUT2D eigenvalue weighted by Crippen LogP contribution is 2.24. The smallest absolute Gasteiger partial charge is 0.335 e. The van der Waals surface area contributed by atoms with Gasteiger partial charge in [0.15, 0.2) is 0 Å². The number of hydrogen-bond acceptors (Lipinski definition) is 3. The Hall–Kier alpha value is -1.01. The van der Waals surface area contributed by atoms with Crippen LogP contribution in [0.15, 0.2) is 22.7 Å². The van der Waals surface area contributed by atoms with Crippen LogP contribution >= 0.6 is 27.7 Å². The molecule has 1 fully saturated rings. The summed E-state index contributed by atoms with van der Waals surface area (Å²) in [5.74, 6) is 0.247. The lowest BCUT2D eigenvalue weighted by Gasteiger charge is -2.06. The van der Waals surface area contributed by atoms with Gasteiger partial charge in [0.1, 0.15) is 0 Å². The Balaban J connectivity index is 1.81. The van der Waals surface area contributed by atoms with Crippen LogP contribution in [0.2, 0.25) is 0 Å². The summed E-state index contributed by atoms with van der Waals surface area (Å²) in [5.41, 5.74) is 1.25. The molecule has 6 heteroatoms. The number of carboxylic acid groups (broad SMARTS) is 1. The van der Waals surface area contributed by atoms with Gasteiger partial charge in [-0.25, -0.2) is 4.79 Å². The highest BCUT2D eigenvalue weighted by Gasteiger charge is 2.22. The quantitative estimate of drug-likeness (QED) is 0.833. The summed E-state index contributed by atoms with van der Waals surface area (Å²) in [6.07, 6.45) is 2.19. The van der Waals surface area contributed by atoms with Crippen molar-refractivity contribution in [3.8, 4) is 0 Å². The molecule has 1 aliphatic rings. The van der Waals surface area contributed by atoms with Gasteiger partial charge in [0.2, 0.25) is 5.91 Å². The molecule has 1 aliphatic carbocycles. The van der Waals surface area contributed by atoms with Gasteiger partial charge in [0, 0.05) is 16.3 Å². The topological polar surface area (TPSA) is 66.4 Å². The summed E-state index contributed by atoms with van der Waals surface area (Å²) < 4.78 is 0.766.